The van der Waals surface area contributed by atoms with Crippen molar-refractivity contribution in [1.29, 1.82) is 0 Å². The number of hydrogen-bond acceptors (Lipinski definition) is 5. The first-order valence-electron chi connectivity index (χ1n) is 7.09. The lowest BCUT2D eigenvalue weighted by Gasteiger charge is -2.13. The Morgan fingerprint density at radius 1 is 1.12 bits per heavy atom. The van der Waals surface area contributed by atoms with Gasteiger partial charge in [-0.2, -0.15) is 0 Å². The minimum atomic E-state index is -3.68. The first-order chi connectivity index (χ1) is 11.5. The molecule has 0 amide bonds. The Morgan fingerprint density at radius 3 is 2.46 bits per heavy atom. The van der Waals surface area contributed by atoms with Crippen LogP contribution in [0.3, 0.4) is 0 Å². The van der Waals surface area contributed by atoms with Crippen LogP contribution in [0.1, 0.15) is 18.5 Å². The Bertz CT molecular complexity index is 925. The van der Waals surface area contributed by atoms with E-state index >= 15 is 0 Å². The number of sulfonamides is 1. The number of thiazole rings is 1. The molecule has 0 bridgehead atoms. The molecule has 3 rings (SSSR count). The van der Waals surface area contributed by atoms with E-state index in [1.807, 2.05) is 24.3 Å². The van der Waals surface area contributed by atoms with E-state index in [4.69, 9.17) is 0 Å². The fraction of sp³-hybridized carbons (Fsp3) is 0.125. The number of rotatable bonds is 5. The predicted octanol–water partition coefficient (Wildman–Crippen LogP) is 4.01. The summed E-state index contributed by atoms with van der Waals surface area (Å²) in [6, 6.07) is 10.8. The summed E-state index contributed by atoms with van der Waals surface area (Å²) in [4.78, 5) is 8.20. The number of halogens is 1. The highest BCUT2D eigenvalue weighted by molar-refractivity contribution is 9.10. The Balaban J connectivity index is 1.82. The lowest BCUT2D eigenvalue weighted by atomic mass is 10.1. The second kappa shape index (κ2) is 7.10. The van der Waals surface area contributed by atoms with E-state index in [0.29, 0.717) is 5.01 Å². The maximum atomic E-state index is 12.5. The molecule has 0 spiro atoms. The molecule has 1 unspecified atom stereocenters. The van der Waals surface area contributed by atoms with Crippen LogP contribution in [-0.2, 0) is 10.0 Å². The van der Waals surface area contributed by atoms with Gasteiger partial charge in [-0.15, -0.1) is 11.3 Å². The average Bonchev–Trinajstić information content (AvgIpc) is 3.07. The summed E-state index contributed by atoms with van der Waals surface area (Å²) in [6.07, 6.45) is 3.27. The largest absolute Gasteiger partial charge is 0.265 e. The van der Waals surface area contributed by atoms with E-state index < -0.39 is 10.0 Å². The molecule has 24 heavy (non-hydrogen) atoms. The van der Waals surface area contributed by atoms with Crippen molar-refractivity contribution in [1.82, 2.24) is 14.7 Å². The normalized spacial score (nSPS) is 12.9. The van der Waals surface area contributed by atoms with E-state index in [0.717, 1.165) is 15.6 Å². The van der Waals surface area contributed by atoms with Crippen molar-refractivity contribution in [3.63, 3.8) is 0 Å². The zero-order valence-corrected chi connectivity index (χ0v) is 15.9. The van der Waals surface area contributed by atoms with Gasteiger partial charge in [-0.1, -0.05) is 28.1 Å². The quantitative estimate of drug-likeness (QED) is 0.672. The van der Waals surface area contributed by atoms with Crippen LogP contribution in [-0.4, -0.2) is 18.4 Å². The summed E-state index contributed by atoms with van der Waals surface area (Å²) in [5, 5.41) is 2.25. The van der Waals surface area contributed by atoms with Crippen LogP contribution >= 0.6 is 27.3 Å². The highest BCUT2D eigenvalue weighted by Crippen LogP contribution is 2.27. The third-order valence-corrected chi connectivity index (χ3v) is 6.38. The third kappa shape index (κ3) is 3.89. The smallest absolute Gasteiger partial charge is 0.259 e. The summed E-state index contributed by atoms with van der Waals surface area (Å²) in [5.74, 6) is 0. The van der Waals surface area contributed by atoms with Gasteiger partial charge in [0.25, 0.3) is 10.0 Å². The molecule has 1 atom stereocenters. The molecule has 0 radical (unpaired) electrons. The molecule has 5 nitrogen and oxygen atoms in total. The minimum Gasteiger partial charge on any atom is -0.265 e. The fourth-order valence-electron chi connectivity index (χ4n) is 2.12. The molecule has 8 heteroatoms. The van der Waals surface area contributed by atoms with Crippen molar-refractivity contribution in [2.75, 3.05) is 0 Å². The number of aromatic nitrogens is 2. The third-order valence-electron chi connectivity index (χ3n) is 3.39. The van der Waals surface area contributed by atoms with Gasteiger partial charge < -0.3 is 0 Å². The fourth-order valence-corrected chi connectivity index (χ4v) is 4.72. The molecule has 0 saturated carbocycles. The maximum absolute atomic E-state index is 12.5. The molecule has 0 aliphatic heterocycles. The molecular formula is C16H14BrN3O2S2. The van der Waals surface area contributed by atoms with Crippen LogP contribution in [0.25, 0.3) is 10.6 Å². The molecule has 124 valence electrons. The van der Waals surface area contributed by atoms with Crippen molar-refractivity contribution in [2.45, 2.75) is 18.0 Å². The average molecular weight is 424 g/mol. The Hall–Kier alpha value is -1.61. The molecule has 0 fully saturated rings. The van der Waals surface area contributed by atoms with Gasteiger partial charge in [-0.3, -0.25) is 4.98 Å². The molecule has 0 saturated heterocycles. The van der Waals surface area contributed by atoms with Crippen molar-refractivity contribution in [2.24, 2.45) is 0 Å². The number of hydrogen-bond donors (Lipinski definition) is 1. The van der Waals surface area contributed by atoms with E-state index in [-0.39, 0.29) is 11.1 Å². The highest BCUT2D eigenvalue weighted by Gasteiger charge is 2.21. The molecule has 2 aromatic heterocycles. The summed E-state index contributed by atoms with van der Waals surface area (Å²) in [5.41, 5.74) is 1.73. The standard InChI is InChI=1S/C16H14BrN3O2S2/c1-11(12-6-8-18-9-7-12)20-24(21,22)15-10-23-16(19-15)13-2-4-14(17)5-3-13/h2-11,20H,1H3. The summed E-state index contributed by atoms with van der Waals surface area (Å²) in [7, 11) is -3.68. The monoisotopic (exact) mass is 423 g/mol. The molecule has 1 N–H and O–H groups in total. The van der Waals surface area contributed by atoms with Gasteiger partial charge >= 0.3 is 0 Å². The topological polar surface area (TPSA) is 72.0 Å². The van der Waals surface area contributed by atoms with Gasteiger partial charge in [0.2, 0.25) is 0 Å². The molecule has 1 aromatic carbocycles. The summed E-state index contributed by atoms with van der Waals surface area (Å²) < 4.78 is 28.7. The van der Waals surface area contributed by atoms with Crippen LogP contribution in [0.5, 0.6) is 0 Å². The van der Waals surface area contributed by atoms with Gasteiger partial charge in [0.05, 0.1) is 0 Å². The molecule has 0 aliphatic rings. The summed E-state index contributed by atoms with van der Waals surface area (Å²) in [6.45, 7) is 1.79. The lowest BCUT2D eigenvalue weighted by Crippen LogP contribution is -2.27. The zero-order chi connectivity index (χ0) is 17.2. The second-order valence-electron chi connectivity index (χ2n) is 5.12. The van der Waals surface area contributed by atoms with E-state index in [9.17, 15) is 8.42 Å². The van der Waals surface area contributed by atoms with Crippen molar-refractivity contribution >= 4 is 37.3 Å². The van der Waals surface area contributed by atoms with Crippen molar-refractivity contribution in [3.8, 4) is 10.6 Å². The van der Waals surface area contributed by atoms with Crippen molar-refractivity contribution < 1.29 is 8.42 Å². The van der Waals surface area contributed by atoms with Crippen molar-refractivity contribution in [3.05, 3.63) is 64.2 Å². The maximum Gasteiger partial charge on any atom is 0.259 e. The predicted molar refractivity (Wildman–Crippen MR) is 98.2 cm³/mol. The number of nitrogens with zero attached hydrogens (tertiary/aromatic N) is 2. The van der Waals surface area contributed by atoms with E-state index in [2.05, 4.69) is 30.6 Å². The zero-order valence-electron chi connectivity index (χ0n) is 12.7. The van der Waals surface area contributed by atoms with Crippen LogP contribution in [0, 0.1) is 0 Å². The van der Waals surface area contributed by atoms with Crippen LogP contribution in [0.4, 0.5) is 0 Å². The van der Waals surface area contributed by atoms with Gasteiger partial charge in [0.15, 0.2) is 5.03 Å². The van der Waals surface area contributed by atoms with Gasteiger partial charge in [-0.05, 0) is 36.8 Å². The minimum absolute atomic E-state index is 0.0336. The summed E-state index contributed by atoms with van der Waals surface area (Å²) >= 11 is 4.68. The highest BCUT2D eigenvalue weighted by atomic mass is 79.9. The van der Waals surface area contributed by atoms with Crippen LogP contribution in [0.15, 0.2) is 63.7 Å². The van der Waals surface area contributed by atoms with Gasteiger partial charge in [-0.25, -0.2) is 18.1 Å². The first-order valence-corrected chi connectivity index (χ1v) is 10.2. The number of pyridine rings is 1. The Labute approximate surface area is 153 Å². The van der Waals surface area contributed by atoms with E-state index in [1.165, 1.54) is 11.3 Å². The Kier molecular flexibility index (Phi) is 5.09. The molecule has 2 heterocycles. The van der Waals surface area contributed by atoms with Crippen LogP contribution < -0.4 is 4.72 Å². The van der Waals surface area contributed by atoms with E-state index in [1.54, 1.807) is 36.8 Å². The number of benzene rings is 1. The second-order valence-corrected chi connectivity index (χ2v) is 8.56. The van der Waals surface area contributed by atoms with Gasteiger partial charge in [0.1, 0.15) is 5.01 Å². The SMILES string of the molecule is CC(NS(=O)(=O)c1csc(-c2ccc(Br)cc2)n1)c1ccncc1. The first kappa shape index (κ1) is 17.2. The van der Waals surface area contributed by atoms with Gasteiger partial charge in [0, 0.05) is 33.9 Å². The molecule has 3 aromatic rings. The lowest BCUT2D eigenvalue weighted by molar-refractivity contribution is 0.564. The molecule has 0 aliphatic carbocycles. The number of nitrogens with one attached hydrogen (secondary N) is 1. The Morgan fingerprint density at radius 2 is 1.79 bits per heavy atom. The molecular weight excluding hydrogens is 410 g/mol. The van der Waals surface area contributed by atoms with Crippen LogP contribution in [0.2, 0.25) is 0 Å².